The number of ether oxygens (including phenoxy) is 1. The van der Waals surface area contributed by atoms with E-state index in [4.69, 9.17) is 4.74 Å². The largest absolute Gasteiger partial charge is 0.467 e. The van der Waals surface area contributed by atoms with E-state index in [0.717, 1.165) is 11.1 Å². The lowest BCUT2D eigenvalue weighted by Crippen LogP contribution is -2.18. The van der Waals surface area contributed by atoms with Crippen molar-refractivity contribution in [2.24, 2.45) is 0 Å². The molecule has 1 N–H and O–H groups in total. The molecule has 0 fully saturated rings. The number of amides is 1. The Kier molecular flexibility index (Phi) is 4.60. The zero-order valence-corrected chi connectivity index (χ0v) is 13.5. The molecule has 0 aliphatic rings. The third-order valence-corrected chi connectivity index (χ3v) is 3.08. The molecule has 0 saturated carbocycles. The molecule has 0 bridgehead atoms. The monoisotopic (exact) mass is 300 g/mol. The van der Waals surface area contributed by atoms with Gasteiger partial charge in [0.05, 0.1) is 13.3 Å². The summed E-state index contributed by atoms with van der Waals surface area (Å²) >= 11 is 0. The van der Waals surface area contributed by atoms with Crippen LogP contribution in [0, 0.1) is 13.8 Å². The molecule has 0 saturated heterocycles. The van der Waals surface area contributed by atoms with Gasteiger partial charge in [0, 0.05) is 19.7 Å². The molecule has 1 heterocycles. The number of nitrogens with zero attached hydrogens (tertiary/aromatic N) is 3. The Labute approximate surface area is 130 Å². The Bertz CT molecular complexity index is 678. The highest BCUT2D eigenvalue weighted by molar-refractivity contribution is 6.05. The van der Waals surface area contributed by atoms with Gasteiger partial charge in [-0.25, -0.2) is 4.98 Å². The highest BCUT2D eigenvalue weighted by Gasteiger charge is 2.14. The number of carbonyl (C=O) groups is 1. The van der Waals surface area contributed by atoms with E-state index in [1.54, 1.807) is 11.1 Å². The lowest BCUT2D eigenvalue weighted by molar-refractivity contribution is 0.102. The number of aryl methyl sites for hydroxylation is 2. The molecular weight excluding hydrogens is 280 g/mol. The first kappa shape index (κ1) is 15.8. The number of rotatable bonds is 4. The van der Waals surface area contributed by atoms with Gasteiger partial charge in [-0.05, 0) is 26.0 Å². The molecule has 0 aliphatic heterocycles. The molecule has 2 aromatic rings. The average molecular weight is 300 g/mol. The standard InChI is InChI=1S/C16H20N4O2/c1-10-6-11(2)8-12(7-10)15(21)18-13-9-17-16(22-5)19-14(13)20(3)4/h6-9H,1-5H3,(H,18,21). The van der Waals surface area contributed by atoms with Crippen molar-refractivity contribution in [2.45, 2.75) is 13.8 Å². The maximum absolute atomic E-state index is 12.4. The Morgan fingerprint density at radius 2 is 1.82 bits per heavy atom. The summed E-state index contributed by atoms with van der Waals surface area (Å²) in [5.74, 6) is 0.397. The molecule has 0 unspecified atom stereocenters. The van der Waals surface area contributed by atoms with Gasteiger partial charge in [0.15, 0.2) is 5.82 Å². The van der Waals surface area contributed by atoms with Crippen molar-refractivity contribution in [3.63, 3.8) is 0 Å². The first-order valence-electron chi connectivity index (χ1n) is 6.88. The molecular formula is C16H20N4O2. The lowest BCUT2D eigenvalue weighted by Gasteiger charge is -2.17. The fraction of sp³-hybridized carbons (Fsp3) is 0.312. The van der Waals surface area contributed by atoms with Gasteiger partial charge in [0.1, 0.15) is 5.69 Å². The second-order valence-electron chi connectivity index (χ2n) is 5.32. The van der Waals surface area contributed by atoms with Crippen molar-refractivity contribution in [1.29, 1.82) is 0 Å². The maximum Gasteiger partial charge on any atom is 0.318 e. The summed E-state index contributed by atoms with van der Waals surface area (Å²) in [6.07, 6.45) is 1.54. The zero-order valence-electron chi connectivity index (χ0n) is 13.5. The van der Waals surface area contributed by atoms with E-state index >= 15 is 0 Å². The molecule has 22 heavy (non-hydrogen) atoms. The number of aromatic nitrogens is 2. The third kappa shape index (κ3) is 3.52. The predicted octanol–water partition coefficient (Wildman–Crippen LogP) is 2.42. The summed E-state index contributed by atoms with van der Waals surface area (Å²) in [6.45, 7) is 3.93. The predicted molar refractivity (Wildman–Crippen MR) is 86.8 cm³/mol. The van der Waals surface area contributed by atoms with Crippen LogP contribution in [0.5, 0.6) is 6.01 Å². The van der Waals surface area contributed by atoms with Gasteiger partial charge in [0.2, 0.25) is 0 Å². The highest BCUT2D eigenvalue weighted by atomic mass is 16.5. The number of carbonyl (C=O) groups excluding carboxylic acids is 1. The Hall–Kier alpha value is -2.63. The third-order valence-electron chi connectivity index (χ3n) is 3.08. The van der Waals surface area contributed by atoms with E-state index in [9.17, 15) is 4.79 Å². The molecule has 1 aromatic carbocycles. The minimum Gasteiger partial charge on any atom is -0.467 e. The molecule has 2 rings (SSSR count). The summed E-state index contributed by atoms with van der Waals surface area (Å²) in [6, 6.07) is 5.98. The highest BCUT2D eigenvalue weighted by Crippen LogP contribution is 2.23. The summed E-state index contributed by atoms with van der Waals surface area (Å²) in [5, 5.41) is 2.85. The SMILES string of the molecule is COc1ncc(NC(=O)c2cc(C)cc(C)c2)c(N(C)C)n1. The van der Waals surface area contributed by atoms with Crippen molar-refractivity contribution in [1.82, 2.24) is 9.97 Å². The first-order chi connectivity index (χ1) is 10.4. The van der Waals surface area contributed by atoms with Crippen LogP contribution in [0.15, 0.2) is 24.4 Å². The van der Waals surface area contributed by atoms with E-state index in [-0.39, 0.29) is 11.9 Å². The van der Waals surface area contributed by atoms with Crippen molar-refractivity contribution >= 4 is 17.4 Å². The van der Waals surface area contributed by atoms with Gasteiger partial charge < -0.3 is 15.0 Å². The maximum atomic E-state index is 12.4. The van der Waals surface area contributed by atoms with E-state index in [1.165, 1.54) is 7.11 Å². The van der Waals surface area contributed by atoms with Gasteiger partial charge in [-0.3, -0.25) is 4.79 Å². The smallest absolute Gasteiger partial charge is 0.318 e. The Balaban J connectivity index is 2.31. The van der Waals surface area contributed by atoms with Crippen LogP contribution in [0.1, 0.15) is 21.5 Å². The Morgan fingerprint density at radius 3 is 2.36 bits per heavy atom. The second kappa shape index (κ2) is 6.43. The van der Waals surface area contributed by atoms with Crippen LogP contribution >= 0.6 is 0 Å². The van der Waals surface area contributed by atoms with E-state index in [2.05, 4.69) is 15.3 Å². The number of methoxy groups -OCH3 is 1. The van der Waals surface area contributed by atoms with Crippen LogP contribution in [0.2, 0.25) is 0 Å². The van der Waals surface area contributed by atoms with E-state index in [1.807, 2.05) is 46.1 Å². The molecule has 0 spiro atoms. The normalized spacial score (nSPS) is 10.2. The van der Waals surface area contributed by atoms with E-state index in [0.29, 0.717) is 17.1 Å². The number of hydrogen-bond acceptors (Lipinski definition) is 5. The average Bonchev–Trinajstić information content (AvgIpc) is 2.46. The van der Waals surface area contributed by atoms with Gasteiger partial charge in [0.25, 0.3) is 5.91 Å². The van der Waals surface area contributed by atoms with Crippen LogP contribution in [-0.2, 0) is 0 Å². The molecule has 6 nitrogen and oxygen atoms in total. The minimum atomic E-state index is -0.191. The van der Waals surface area contributed by atoms with Gasteiger partial charge in [-0.15, -0.1) is 0 Å². The van der Waals surface area contributed by atoms with Gasteiger partial charge in [-0.2, -0.15) is 4.98 Å². The van der Waals surface area contributed by atoms with Crippen LogP contribution in [0.25, 0.3) is 0 Å². The number of nitrogens with one attached hydrogen (secondary N) is 1. The van der Waals surface area contributed by atoms with Crippen LogP contribution in [0.3, 0.4) is 0 Å². The van der Waals surface area contributed by atoms with Gasteiger partial charge >= 0.3 is 6.01 Å². The molecule has 1 aromatic heterocycles. The van der Waals surface area contributed by atoms with Gasteiger partial charge in [-0.1, -0.05) is 17.2 Å². The molecule has 0 aliphatic carbocycles. The summed E-state index contributed by atoms with van der Waals surface area (Å²) in [4.78, 5) is 22.5. The fourth-order valence-corrected chi connectivity index (χ4v) is 2.18. The number of anilines is 2. The molecule has 1 amide bonds. The number of benzene rings is 1. The molecule has 6 heteroatoms. The van der Waals surface area contributed by atoms with Crippen molar-refractivity contribution in [2.75, 3.05) is 31.4 Å². The molecule has 116 valence electrons. The first-order valence-corrected chi connectivity index (χ1v) is 6.88. The topological polar surface area (TPSA) is 67.3 Å². The van der Waals surface area contributed by atoms with Crippen molar-refractivity contribution in [3.8, 4) is 6.01 Å². The van der Waals surface area contributed by atoms with Crippen LogP contribution in [0.4, 0.5) is 11.5 Å². The van der Waals surface area contributed by atoms with Crippen molar-refractivity contribution < 1.29 is 9.53 Å². The Morgan fingerprint density at radius 1 is 1.18 bits per heavy atom. The lowest BCUT2D eigenvalue weighted by atomic mass is 10.1. The zero-order chi connectivity index (χ0) is 16.3. The fourth-order valence-electron chi connectivity index (χ4n) is 2.18. The number of hydrogen-bond donors (Lipinski definition) is 1. The summed E-state index contributed by atoms with van der Waals surface area (Å²) in [7, 11) is 5.19. The summed E-state index contributed by atoms with van der Waals surface area (Å²) < 4.78 is 5.02. The quantitative estimate of drug-likeness (QED) is 0.939. The molecule has 0 radical (unpaired) electrons. The van der Waals surface area contributed by atoms with Crippen LogP contribution < -0.4 is 15.0 Å². The second-order valence-corrected chi connectivity index (χ2v) is 5.32. The summed E-state index contributed by atoms with van der Waals surface area (Å²) in [5.41, 5.74) is 3.24. The van der Waals surface area contributed by atoms with E-state index < -0.39 is 0 Å². The minimum absolute atomic E-state index is 0.191. The molecule has 0 atom stereocenters. The van der Waals surface area contributed by atoms with Crippen molar-refractivity contribution in [3.05, 3.63) is 41.1 Å². The van der Waals surface area contributed by atoms with Crippen LogP contribution in [-0.4, -0.2) is 37.1 Å².